The van der Waals surface area contributed by atoms with Gasteiger partial charge in [0.15, 0.2) is 23.7 Å². The van der Waals surface area contributed by atoms with Crippen LogP contribution >= 0.6 is 0 Å². The zero-order chi connectivity index (χ0) is 30.1. The molecule has 0 radical (unpaired) electrons. The van der Waals surface area contributed by atoms with Crippen LogP contribution in [0.1, 0.15) is 43.6 Å². The predicted octanol–water partition coefficient (Wildman–Crippen LogP) is 2.21. The number of benzene rings is 2. The van der Waals surface area contributed by atoms with Gasteiger partial charge in [-0.05, 0) is 23.8 Å². The van der Waals surface area contributed by atoms with Crippen LogP contribution in [0, 0.1) is 0 Å². The van der Waals surface area contributed by atoms with Gasteiger partial charge < -0.3 is 38.3 Å². The van der Waals surface area contributed by atoms with Crippen molar-refractivity contribution in [2.24, 2.45) is 0 Å². The number of phenolic OH excluding ortho intramolecular Hbond substituents is 1. The van der Waals surface area contributed by atoms with Gasteiger partial charge in [-0.3, -0.25) is 19.2 Å². The summed E-state index contributed by atoms with van der Waals surface area (Å²) >= 11 is 0. The van der Waals surface area contributed by atoms with Crippen LogP contribution in [0.15, 0.2) is 48.5 Å². The number of ether oxygens (including phenoxy) is 7. The molecule has 13 heteroatoms. The molecule has 41 heavy (non-hydrogen) atoms. The van der Waals surface area contributed by atoms with Crippen LogP contribution in [0.25, 0.3) is 0 Å². The summed E-state index contributed by atoms with van der Waals surface area (Å²) in [5.41, 5.74) is 0.793. The van der Waals surface area contributed by atoms with Gasteiger partial charge in [0.1, 0.15) is 19.3 Å². The maximum Gasteiger partial charge on any atom is 0.338 e. The van der Waals surface area contributed by atoms with Gasteiger partial charge in [-0.1, -0.05) is 30.3 Å². The Bertz CT molecular complexity index is 1260. The van der Waals surface area contributed by atoms with Gasteiger partial charge in [0.05, 0.1) is 5.56 Å². The molecule has 0 saturated carbocycles. The number of phenols is 1. The predicted molar refractivity (Wildman–Crippen MR) is 136 cm³/mol. The van der Waals surface area contributed by atoms with Gasteiger partial charge in [-0.15, -0.1) is 0 Å². The van der Waals surface area contributed by atoms with E-state index >= 15 is 0 Å². The number of rotatable bonds is 10. The topological polar surface area (TPSA) is 170 Å². The zero-order valence-electron chi connectivity index (χ0n) is 22.8. The van der Waals surface area contributed by atoms with Crippen molar-refractivity contribution in [3.8, 4) is 11.5 Å². The van der Waals surface area contributed by atoms with Crippen LogP contribution < -0.4 is 4.74 Å². The quantitative estimate of drug-likeness (QED) is 0.324. The molecule has 0 aromatic heterocycles. The number of hydrogen-bond acceptors (Lipinski definition) is 13. The van der Waals surface area contributed by atoms with E-state index in [0.717, 1.165) is 39.3 Å². The third-order valence-electron chi connectivity index (χ3n) is 5.60. The summed E-state index contributed by atoms with van der Waals surface area (Å²) in [6.07, 6.45) is -7.11. The summed E-state index contributed by atoms with van der Waals surface area (Å²) in [6.45, 7) is 3.98. The first-order chi connectivity index (χ1) is 19.4. The van der Waals surface area contributed by atoms with Crippen LogP contribution in [0.4, 0.5) is 0 Å². The molecule has 0 spiro atoms. The average Bonchev–Trinajstić information content (AvgIpc) is 2.90. The van der Waals surface area contributed by atoms with Crippen LogP contribution in [0.2, 0.25) is 0 Å². The molecule has 1 aliphatic heterocycles. The van der Waals surface area contributed by atoms with E-state index in [1.165, 1.54) is 12.1 Å². The minimum atomic E-state index is -1.56. The molecule has 1 fully saturated rings. The fourth-order valence-corrected chi connectivity index (χ4v) is 3.96. The molecule has 0 aliphatic carbocycles. The minimum Gasteiger partial charge on any atom is -0.504 e. The van der Waals surface area contributed by atoms with Gasteiger partial charge in [0, 0.05) is 27.7 Å². The highest BCUT2D eigenvalue weighted by atomic mass is 16.7. The van der Waals surface area contributed by atoms with Crippen molar-refractivity contribution in [2.75, 3.05) is 6.61 Å². The van der Waals surface area contributed by atoms with E-state index in [1.54, 1.807) is 24.3 Å². The Labute approximate surface area is 235 Å². The highest BCUT2D eigenvalue weighted by molar-refractivity contribution is 5.90. The molecule has 2 aromatic rings. The lowest BCUT2D eigenvalue weighted by Crippen LogP contribution is -2.63. The molecule has 1 N–H and O–H groups in total. The SMILES string of the molecule is CC(=O)OC[C@H]1OC(Oc2ccc(C(=O)OCc3ccccc3)cc2O)C(OC(C)=O)[C@@H](OC(C)=O)[C@H]1OC(C)=O. The lowest BCUT2D eigenvalue weighted by atomic mass is 9.98. The highest BCUT2D eigenvalue weighted by Crippen LogP contribution is 2.34. The van der Waals surface area contributed by atoms with Crippen LogP contribution in [0.5, 0.6) is 11.5 Å². The third-order valence-corrected chi connectivity index (χ3v) is 5.60. The van der Waals surface area contributed by atoms with Crippen molar-refractivity contribution < 1.29 is 62.2 Å². The molecule has 2 aromatic carbocycles. The maximum absolute atomic E-state index is 12.5. The molecule has 3 rings (SSSR count). The fraction of sp³-hybridized carbons (Fsp3) is 0.393. The molecule has 13 nitrogen and oxygen atoms in total. The van der Waals surface area contributed by atoms with Gasteiger partial charge in [0.25, 0.3) is 0 Å². The Morgan fingerprint density at radius 1 is 0.756 bits per heavy atom. The Kier molecular flexibility index (Phi) is 10.6. The summed E-state index contributed by atoms with van der Waals surface area (Å²) in [5, 5.41) is 10.6. The number of esters is 5. The molecule has 1 saturated heterocycles. The van der Waals surface area contributed by atoms with E-state index in [-0.39, 0.29) is 17.9 Å². The minimum absolute atomic E-state index is 0.0173. The molecule has 0 amide bonds. The number of carbonyl (C=O) groups excluding carboxylic acids is 5. The molecule has 0 bridgehead atoms. The summed E-state index contributed by atoms with van der Waals surface area (Å²) in [6, 6.07) is 12.7. The fourth-order valence-electron chi connectivity index (χ4n) is 3.96. The molecular weight excluding hydrogens is 544 g/mol. The van der Waals surface area contributed by atoms with Crippen molar-refractivity contribution in [1.82, 2.24) is 0 Å². The summed E-state index contributed by atoms with van der Waals surface area (Å²) < 4.78 is 37.9. The summed E-state index contributed by atoms with van der Waals surface area (Å²) in [4.78, 5) is 59.7. The van der Waals surface area contributed by atoms with Crippen LogP contribution in [-0.4, -0.2) is 72.3 Å². The van der Waals surface area contributed by atoms with E-state index in [2.05, 4.69) is 0 Å². The van der Waals surface area contributed by atoms with E-state index in [4.69, 9.17) is 33.2 Å². The smallest absolute Gasteiger partial charge is 0.338 e. The lowest BCUT2D eigenvalue weighted by Gasteiger charge is -2.43. The maximum atomic E-state index is 12.5. The lowest BCUT2D eigenvalue weighted by molar-refractivity contribution is -0.288. The zero-order valence-corrected chi connectivity index (χ0v) is 22.8. The van der Waals surface area contributed by atoms with Gasteiger partial charge in [0.2, 0.25) is 12.4 Å². The largest absolute Gasteiger partial charge is 0.504 e. The molecule has 5 atom stereocenters. The standard InChI is InChI=1S/C28H30O13/c1-15(29)35-14-23-24(37-16(2)30)25(38-17(3)31)26(39-18(4)32)28(41-23)40-22-11-10-20(12-21(22)33)27(34)36-13-19-8-6-5-7-9-19/h5-12,23-26,28,33H,13-14H2,1-4H3/t23-,24+,25+,26?,28?/m1/s1. The highest BCUT2D eigenvalue weighted by Gasteiger charge is 2.53. The number of carbonyl (C=O) groups is 5. The summed E-state index contributed by atoms with van der Waals surface area (Å²) in [7, 11) is 0. The van der Waals surface area contributed by atoms with Gasteiger partial charge >= 0.3 is 29.8 Å². The molecule has 220 valence electrons. The van der Waals surface area contributed by atoms with Crippen molar-refractivity contribution in [3.63, 3.8) is 0 Å². The van der Waals surface area contributed by atoms with Crippen molar-refractivity contribution in [2.45, 2.75) is 65.0 Å². The Balaban J connectivity index is 1.87. The Morgan fingerprint density at radius 3 is 1.95 bits per heavy atom. The molecule has 1 aliphatic rings. The molecule has 2 unspecified atom stereocenters. The third kappa shape index (κ3) is 8.93. The second-order valence-electron chi connectivity index (χ2n) is 8.93. The number of hydrogen-bond donors (Lipinski definition) is 1. The van der Waals surface area contributed by atoms with Crippen molar-refractivity contribution in [1.29, 1.82) is 0 Å². The second kappa shape index (κ2) is 14.1. The van der Waals surface area contributed by atoms with Crippen LogP contribution in [0.3, 0.4) is 0 Å². The first-order valence-corrected chi connectivity index (χ1v) is 12.5. The van der Waals surface area contributed by atoms with E-state index in [9.17, 15) is 29.1 Å². The molecule has 1 heterocycles. The molecular formula is C28H30O13. The summed E-state index contributed by atoms with van der Waals surface area (Å²) in [5.74, 6) is -4.48. The average molecular weight is 575 g/mol. The first kappa shape index (κ1) is 30.9. The van der Waals surface area contributed by atoms with Gasteiger partial charge in [-0.2, -0.15) is 0 Å². The van der Waals surface area contributed by atoms with Crippen molar-refractivity contribution in [3.05, 3.63) is 59.7 Å². The van der Waals surface area contributed by atoms with Crippen LogP contribution in [-0.2, 0) is 54.2 Å². The van der Waals surface area contributed by atoms with Crippen molar-refractivity contribution >= 4 is 29.8 Å². The van der Waals surface area contributed by atoms with Gasteiger partial charge in [-0.25, -0.2) is 4.79 Å². The second-order valence-corrected chi connectivity index (χ2v) is 8.93. The number of aromatic hydroxyl groups is 1. The Morgan fingerprint density at radius 2 is 1.37 bits per heavy atom. The normalized spacial score (nSPS) is 21.6. The van der Waals surface area contributed by atoms with E-state index < -0.39 is 72.9 Å². The van der Waals surface area contributed by atoms with E-state index in [0.29, 0.717) is 0 Å². The van der Waals surface area contributed by atoms with E-state index in [1.807, 2.05) is 6.07 Å². The Hall–Kier alpha value is -4.65. The monoisotopic (exact) mass is 574 g/mol. The first-order valence-electron chi connectivity index (χ1n) is 12.5.